The monoisotopic (exact) mass is 330 g/mol. The van der Waals surface area contributed by atoms with E-state index in [-0.39, 0.29) is 5.91 Å². The third-order valence-corrected chi connectivity index (χ3v) is 5.54. The van der Waals surface area contributed by atoms with E-state index in [1.807, 2.05) is 0 Å². The van der Waals surface area contributed by atoms with Gasteiger partial charge in [-0.25, -0.2) is 0 Å². The Balaban J connectivity index is 1.68. The fraction of sp³-hybridized carbons (Fsp3) is 0.650. The molecule has 0 aliphatic carbocycles. The first-order chi connectivity index (χ1) is 11.7. The highest BCUT2D eigenvalue weighted by Crippen LogP contribution is 2.27. The maximum Gasteiger partial charge on any atom is 0.227 e. The number of carbonyl (C=O) groups excluding carboxylic acids is 1. The number of rotatable bonds is 5. The van der Waals surface area contributed by atoms with Crippen molar-refractivity contribution in [3.8, 4) is 0 Å². The minimum absolute atomic E-state index is 0.264. The highest BCUT2D eigenvalue weighted by molar-refractivity contribution is 5.79. The minimum atomic E-state index is 0.264. The molecule has 2 N–H and O–H groups in total. The van der Waals surface area contributed by atoms with E-state index in [0.717, 1.165) is 44.4 Å². The molecule has 132 valence electrons. The molecular formula is C20H30N2O2. The van der Waals surface area contributed by atoms with Crippen molar-refractivity contribution in [2.24, 2.45) is 11.7 Å². The SMILES string of the molecule is C[C@H]1CCCN(C(=O)Cc2ccc3c(c2)COCC3)[C@H]1CCCN. The number of hydrogen-bond donors (Lipinski definition) is 1. The number of nitrogens with zero attached hydrogens (tertiary/aromatic N) is 1. The molecule has 24 heavy (non-hydrogen) atoms. The molecule has 0 spiro atoms. The van der Waals surface area contributed by atoms with E-state index in [9.17, 15) is 4.79 Å². The lowest BCUT2D eigenvalue weighted by atomic mass is 9.87. The summed E-state index contributed by atoms with van der Waals surface area (Å²) in [6, 6.07) is 6.81. The van der Waals surface area contributed by atoms with E-state index in [4.69, 9.17) is 10.5 Å². The van der Waals surface area contributed by atoms with E-state index >= 15 is 0 Å². The van der Waals surface area contributed by atoms with Gasteiger partial charge in [0, 0.05) is 12.6 Å². The molecule has 0 saturated carbocycles. The van der Waals surface area contributed by atoms with Crippen molar-refractivity contribution in [2.75, 3.05) is 19.7 Å². The summed E-state index contributed by atoms with van der Waals surface area (Å²) in [7, 11) is 0. The molecular weight excluding hydrogens is 300 g/mol. The molecule has 2 atom stereocenters. The Labute approximate surface area is 145 Å². The van der Waals surface area contributed by atoms with Gasteiger partial charge in [0.1, 0.15) is 0 Å². The van der Waals surface area contributed by atoms with Crippen molar-refractivity contribution >= 4 is 5.91 Å². The zero-order valence-electron chi connectivity index (χ0n) is 14.8. The number of ether oxygens (including phenoxy) is 1. The van der Waals surface area contributed by atoms with E-state index < -0.39 is 0 Å². The average Bonchev–Trinajstić information content (AvgIpc) is 2.60. The molecule has 1 amide bonds. The van der Waals surface area contributed by atoms with Crippen LogP contribution in [0.2, 0.25) is 0 Å². The summed E-state index contributed by atoms with van der Waals surface area (Å²) in [5.41, 5.74) is 9.41. The van der Waals surface area contributed by atoms with E-state index in [0.29, 0.717) is 31.5 Å². The molecule has 1 fully saturated rings. The number of amides is 1. The van der Waals surface area contributed by atoms with Gasteiger partial charge < -0.3 is 15.4 Å². The Hall–Kier alpha value is -1.39. The molecule has 4 nitrogen and oxygen atoms in total. The van der Waals surface area contributed by atoms with Crippen LogP contribution in [0.15, 0.2) is 18.2 Å². The molecule has 2 heterocycles. The van der Waals surface area contributed by atoms with Crippen molar-refractivity contribution in [2.45, 2.75) is 58.1 Å². The predicted molar refractivity (Wildman–Crippen MR) is 95.7 cm³/mol. The van der Waals surface area contributed by atoms with Crippen molar-refractivity contribution in [3.05, 3.63) is 34.9 Å². The lowest BCUT2D eigenvalue weighted by Gasteiger charge is -2.40. The Morgan fingerprint density at radius 1 is 1.38 bits per heavy atom. The van der Waals surface area contributed by atoms with Crippen LogP contribution in [0, 0.1) is 5.92 Å². The smallest absolute Gasteiger partial charge is 0.227 e. The van der Waals surface area contributed by atoms with Crippen LogP contribution in [0.25, 0.3) is 0 Å². The summed E-state index contributed by atoms with van der Waals surface area (Å²) < 4.78 is 5.54. The highest BCUT2D eigenvalue weighted by atomic mass is 16.5. The maximum atomic E-state index is 12.9. The quantitative estimate of drug-likeness (QED) is 0.903. The Morgan fingerprint density at radius 2 is 2.25 bits per heavy atom. The molecule has 2 aliphatic rings. The zero-order chi connectivity index (χ0) is 16.9. The highest BCUT2D eigenvalue weighted by Gasteiger charge is 2.31. The van der Waals surface area contributed by atoms with Gasteiger partial charge in [0.05, 0.1) is 19.6 Å². The van der Waals surface area contributed by atoms with Gasteiger partial charge in [-0.1, -0.05) is 25.1 Å². The first-order valence-electron chi connectivity index (χ1n) is 9.37. The molecule has 0 unspecified atom stereocenters. The summed E-state index contributed by atoms with van der Waals surface area (Å²) in [6.45, 7) is 5.36. The third kappa shape index (κ3) is 3.98. The Bertz CT molecular complexity index is 573. The molecule has 0 bridgehead atoms. The first-order valence-corrected chi connectivity index (χ1v) is 9.37. The van der Waals surface area contributed by atoms with Gasteiger partial charge in [-0.05, 0) is 61.3 Å². The normalized spacial score (nSPS) is 23.8. The van der Waals surface area contributed by atoms with Gasteiger partial charge in [0.15, 0.2) is 0 Å². The summed E-state index contributed by atoms with van der Waals surface area (Å²) in [5, 5.41) is 0. The Kier molecular flexibility index (Phi) is 5.90. The number of likely N-dealkylation sites (tertiary alicyclic amines) is 1. The second-order valence-corrected chi connectivity index (χ2v) is 7.29. The maximum absolute atomic E-state index is 12.9. The lowest BCUT2D eigenvalue weighted by Crippen LogP contribution is -2.48. The molecule has 1 aromatic carbocycles. The van der Waals surface area contributed by atoms with Crippen molar-refractivity contribution < 1.29 is 9.53 Å². The van der Waals surface area contributed by atoms with Crippen molar-refractivity contribution in [3.63, 3.8) is 0 Å². The third-order valence-electron chi connectivity index (χ3n) is 5.54. The average molecular weight is 330 g/mol. The van der Waals surface area contributed by atoms with Crippen LogP contribution in [-0.2, 0) is 29.0 Å². The molecule has 4 heteroatoms. The molecule has 0 radical (unpaired) electrons. The van der Waals surface area contributed by atoms with Crippen LogP contribution in [-0.4, -0.2) is 36.5 Å². The summed E-state index contributed by atoms with van der Waals surface area (Å²) in [4.78, 5) is 15.0. The number of nitrogens with two attached hydrogens (primary N) is 1. The predicted octanol–water partition coefficient (Wildman–Crippen LogP) is 2.67. The summed E-state index contributed by atoms with van der Waals surface area (Å²) in [5.74, 6) is 0.839. The number of carbonyl (C=O) groups is 1. The van der Waals surface area contributed by atoms with Crippen LogP contribution in [0.4, 0.5) is 0 Å². The van der Waals surface area contributed by atoms with Gasteiger partial charge in [0.2, 0.25) is 5.91 Å². The van der Waals surface area contributed by atoms with Crippen LogP contribution in [0.1, 0.15) is 49.3 Å². The topological polar surface area (TPSA) is 55.6 Å². The second kappa shape index (κ2) is 8.13. The van der Waals surface area contributed by atoms with E-state index in [2.05, 4.69) is 30.0 Å². The molecule has 2 aliphatic heterocycles. The van der Waals surface area contributed by atoms with Crippen molar-refractivity contribution in [1.82, 2.24) is 4.90 Å². The number of fused-ring (bicyclic) bond motifs is 1. The zero-order valence-corrected chi connectivity index (χ0v) is 14.8. The van der Waals surface area contributed by atoms with Gasteiger partial charge in [-0.2, -0.15) is 0 Å². The number of piperidine rings is 1. The fourth-order valence-electron chi connectivity index (χ4n) is 4.13. The minimum Gasteiger partial charge on any atom is -0.376 e. The number of hydrogen-bond acceptors (Lipinski definition) is 3. The molecule has 0 aromatic heterocycles. The van der Waals surface area contributed by atoms with Gasteiger partial charge in [0.25, 0.3) is 0 Å². The second-order valence-electron chi connectivity index (χ2n) is 7.29. The summed E-state index contributed by atoms with van der Waals surface area (Å²) >= 11 is 0. The van der Waals surface area contributed by atoms with E-state index in [1.54, 1.807) is 0 Å². The fourth-order valence-corrected chi connectivity index (χ4v) is 4.13. The van der Waals surface area contributed by atoms with Crippen molar-refractivity contribution in [1.29, 1.82) is 0 Å². The van der Waals surface area contributed by atoms with Gasteiger partial charge >= 0.3 is 0 Å². The van der Waals surface area contributed by atoms with Crippen LogP contribution >= 0.6 is 0 Å². The van der Waals surface area contributed by atoms with Crippen LogP contribution < -0.4 is 5.73 Å². The largest absolute Gasteiger partial charge is 0.376 e. The Morgan fingerprint density at radius 3 is 3.08 bits per heavy atom. The van der Waals surface area contributed by atoms with Crippen LogP contribution in [0.5, 0.6) is 0 Å². The molecule has 3 rings (SSSR count). The lowest BCUT2D eigenvalue weighted by molar-refractivity contribution is -0.135. The standard InChI is InChI=1S/C20H30N2O2/c1-15-4-3-10-22(19(15)5-2-9-21)20(23)13-16-6-7-17-8-11-24-14-18(17)12-16/h6-7,12,15,19H,2-5,8-11,13-14,21H2,1H3/t15-,19-/m0/s1. The van der Waals surface area contributed by atoms with E-state index in [1.165, 1.54) is 17.5 Å². The van der Waals surface area contributed by atoms with Gasteiger partial charge in [-0.3, -0.25) is 4.79 Å². The van der Waals surface area contributed by atoms with Gasteiger partial charge in [-0.15, -0.1) is 0 Å². The molecule has 1 saturated heterocycles. The summed E-state index contributed by atoms with van der Waals surface area (Å²) in [6.07, 6.45) is 5.84. The number of benzene rings is 1. The molecule has 1 aromatic rings. The van der Waals surface area contributed by atoms with Crippen LogP contribution in [0.3, 0.4) is 0 Å². The first kappa shape index (κ1) is 17.4.